The van der Waals surface area contributed by atoms with Crippen LogP contribution < -0.4 is 10.1 Å². The summed E-state index contributed by atoms with van der Waals surface area (Å²) >= 11 is 0. The van der Waals surface area contributed by atoms with Crippen LogP contribution in [0, 0.1) is 11.8 Å². The fraction of sp³-hybridized carbons (Fsp3) is 0.333. The smallest absolute Gasteiger partial charge is 0.329 e. The van der Waals surface area contributed by atoms with Crippen molar-refractivity contribution >= 4 is 29.4 Å². The summed E-state index contributed by atoms with van der Waals surface area (Å²) in [5.74, 6) is -3.04. The van der Waals surface area contributed by atoms with Gasteiger partial charge in [0.2, 0.25) is 11.8 Å². The van der Waals surface area contributed by atoms with Gasteiger partial charge in [0.25, 0.3) is 5.91 Å². The van der Waals surface area contributed by atoms with Gasteiger partial charge in [-0.05, 0) is 40.8 Å². The number of benzene rings is 3. The van der Waals surface area contributed by atoms with E-state index in [9.17, 15) is 19.2 Å². The molecule has 3 amide bonds. The van der Waals surface area contributed by atoms with E-state index in [1.165, 1.54) is 7.11 Å². The molecule has 4 aliphatic rings. The Morgan fingerprint density at radius 2 is 1.41 bits per heavy atom. The Labute approximate surface area is 238 Å². The average molecular weight is 553 g/mol. The molecule has 0 radical (unpaired) electrons. The van der Waals surface area contributed by atoms with Crippen LogP contribution in [-0.2, 0) is 23.9 Å². The van der Waals surface area contributed by atoms with Crippen molar-refractivity contribution in [1.82, 2.24) is 4.90 Å². The molecule has 41 heavy (non-hydrogen) atoms. The maximum absolute atomic E-state index is 14.1. The number of hydrogen-bond donors (Lipinski definition) is 1. The van der Waals surface area contributed by atoms with Gasteiger partial charge in [0, 0.05) is 23.6 Å². The number of hydrogen-bond acceptors (Lipinski definition) is 6. The Hall–Kier alpha value is -4.46. The molecule has 0 spiro atoms. The highest BCUT2D eigenvalue weighted by molar-refractivity contribution is 6.10. The summed E-state index contributed by atoms with van der Waals surface area (Å²) in [6.45, 7) is 1.44. The third kappa shape index (κ3) is 4.47. The lowest BCUT2D eigenvalue weighted by Gasteiger charge is -2.45. The first kappa shape index (κ1) is 26.7. The zero-order valence-corrected chi connectivity index (χ0v) is 23.0. The van der Waals surface area contributed by atoms with Crippen LogP contribution >= 0.6 is 0 Å². The van der Waals surface area contributed by atoms with Gasteiger partial charge in [0.15, 0.2) is 6.61 Å². The first-order valence-corrected chi connectivity index (χ1v) is 14.1. The summed E-state index contributed by atoms with van der Waals surface area (Å²) in [4.78, 5) is 55.4. The molecule has 1 heterocycles. The van der Waals surface area contributed by atoms with Crippen LogP contribution in [0.2, 0.25) is 0 Å². The first-order chi connectivity index (χ1) is 19.9. The van der Waals surface area contributed by atoms with Gasteiger partial charge in [-0.2, -0.15) is 0 Å². The van der Waals surface area contributed by atoms with E-state index < -0.39 is 36.4 Å². The summed E-state index contributed by atoms with van der Waals surface area (Å²) < 4.78 is 10.6. The van der Waals surface area contributed by atoms with Gasteiger partial charge in [0.05, 0.1) is 18.9 Å². The quantitative estimate of drug-likeness (QED) is 0.307. The molecule has 8 nitrogen and oxygen atoms in total. The highest BCUT2D eigenvalue weighted by Crippen LogP contribution is 2.61. The number of unbranched alkanes of at least 4 members (excludes halogenated alkanes) is 1. The molecule has 7 rings (SSSR count). The van der Waals surface area contributed by atoms with E-state index >= 15 is 0 Å². The summed E-state index contributed by atoms with van der Waals surface area (Å²) in [5, 5.41) is 2.68. The van der Waals surface area contributed by atoms with Crippen LogP contribution in [0.1, 0.15) is 60.3 Å². The van der Waals surface area contributed by atoms with E-state index in [4.69, 9.17) is 9.47 Å². The summed E-state index contributed by atoms with van der Waals surface area (Å²) in [6.07, 6.45) is 1.67. The molecule has 1 fully saturated rings. The van der Waals surface area contributed by atoms with E-state index in [1.54, 1.807) is 24.3 Å². The number of ether oxygens (including phenoxy) is 2. The lowest BCUT2D eigenvalue weighted by atomic mass is 9.55. The van der Waals surface area contributed by atoms with E-state index in [-0.39, 0.29) is 30.1 Å². The average Bonchev–Trinajstić information content (AvgIpc) is 3.26. The van der Waals surface area contributed by atoms with Crippen molar-refractivity contribution in [1.29, 1.82) is 0 Å². The Morgan fingerprint density at radius 1 is 0.854 bits per heavy atom. The molecule has 1 N–H and O–H groups in total. The van der Waals surface area contributed by atoms with Gasteiger partial charge in [-0.3, -0.25) is 19.3 Å². The molecule has 3 aromatic rings. The number of nitrogens with zero attached hydrogens (tertiary/aromatic N) is 1. The highest BCUT2D eigenvalue weighted by Gasteiger charge is 2.63. The Kier molecular flexibility index (Phi) is 7.07. The van der Waals surface area contributed by atoms with Crippen LogP contribution in [0.25, 0.3) is 0 Å². The topological polar surface area (TPSA) is 102 Å². The number of nitrogens with one attached hydrogen (secondary N) is 1. The van der Waals surface area contributed by atoms with Crippen molar-refractivity contribution in [3.63, 3.8) is 0 Å². The molecule has 1 saturated heterocycles. The number of carbonyl (C=O) groups is 4. The molecule has 0 aromatic heterocycles. The third-order valence-electron chi connectivity index (χ3n) is 8.60. The molecular weight excluding hydrogens is 520 g/mol. The molecule has 1 aliphatic heterocycles. The Morgan fingerprint density at radius 3 is 1.93 bits per heavy atom. The molecule has 3 atom stereocenters. The maximum atomic E-state index is 14.1. The maximum Gasteiger partial charge on any atom is 0.329 e. The van der Waals surface area contributed by atoms with Gasteiger partial charge >= 0.3 is 5.97 Å². The number of anilines is 1. The SMILES string of the molecule is CCCC[C@H](C(=O)OCC(=O)Nc1cccc(OC)c1)N1C(=O)[C@@H]2C3c4ccccc4C(c4ccccc43)[C@@H]2C1=O. The van der Waals surface area contributed by atoms with Crippen molar-refractivity contribution in [2.75, 3.05) is 19.0 Å². The molecule has 2 bridgehead atoms. The molecule has 8 heteroatoms. The molecule has 0 saturated carbocycles. The van der Waals surface area contributed by atoms with Crippen molar-refractivity contribution in [3.05, 3.63) is 95.1 Å². The molecule has 3 aliphatic carbocycles. The van der Waals surface area contributed by atoms with Crippen LogP contribution in [0.3, 0.4) is 0 Å². The van der Waals surface area contributed by atoms with Crippen LogP contribution in [0.4, 0.5) is 5.69 Å². The minimum absolute atomic E-state index is 0.254. The monoisotopic (exact) mass is 552 g/mol. The second kappa shape index (κ2) is 10.8. The molecule has 3 aromatic carbocycles. The van der Waals surface area contributed by atoms with Crippen molar-refractivity contribution < 1.29 is 28.7 Å². The van der Waals surface area contributed by atoms with E-state index in [1.807, 2.05) is 55.5 Å². The first-order valence-electron chi connectivity index (χ1n) is 14.1. The zero-order valence-electron chi connectivity index (χ0n) is 23.0. The Balaban J connectivity index is 1.25. The van der Waals surface area contributed by atoms with Gasteiger partial charge in [-0.15, -0.1) is 0 Å². The second-order valence-electron chi connectivity index (χ2n) is 10.9. The standard InChI is InChI=1S/C33H32N2O6/c1-3-4-16-25(33(39)41-18-26(36)34-19-10-9-11-20(17-19)40-2)35-31(37)29-27-21-12-5-6-13-22(21)28(30(29)32(35)38)24-15-8-7-14-23(24)27/h5-15,17,25,27-30H,3-4,16,18H2,1-2H3,(H,34,36)/t25-,27?,28?,29-,30+/m1/s1. The summed E-state index contributed by atoms with van der Waals surface area (Å²) in [7, 11) is 1.53. The Bertz CT molecular complexity index is 1420. The second-order valence-corrected chi connectivity index (χ2v) is 10.9. The lowest BCUT2D eigenvalue weighted by molar-refractivity contribution is -0.160. The van der Waals surface area contributed by atoms with Crippen LogP contribution in [0.5, 0.6) is 5.75 Å². The summed E-state index contributed by atoms with van der Waals surface area (Å²) in [5.41, 5.74) is 4.78. The van der Waals surface area contributed by atoms with Crippen LogP contribution in [0.15, 0.2) is 72.8 Å². The predicted octanol–water partition coefficient (Wildman–Crippen LogP) is 4.63. The van der Waals surface area contributed by atoms with Crippen molar-refractivity contribution in [2.24, 2.45) is 11.8 Å². The van der Waals surface area contributed by atoms with E-state index in [0.29, 0.717) is 17.9 Å². The molecule has 210 valence electrons. The van der Waals surface area contributed by atoms with Gasteiger partial charge in [-0.25, -0.2) is 4.79 Å². The predicted molar refractivity (Wildman–Crippen MR) is 151 cm³/mol. The number of imide groups is 1. The zero-order chi connectivity index (χ0) is 28.7. The summed E-state index contributed by atoms with van der Waals surface area (Å²) in [6, 6.07) is 21.8. The lowest BCUT2D eigenvalue weighted by Crippen LogP contribution is -2.47. The van der Waals surface area contributed by atoms with Crippen molar-refractivity contribution in [3.8, 4) is 5.75 Å². The van der Waals surface area contributed by atoms with Crippen molar-refractivity contribution in [2.45, 2.75) is 44.1 Å². The third-order valence-corrected chi connectivity index (χ3v) is 8.60. The molecule has 0 unspecified atom stereocenters. The van der Waals surface area contributed by atoms with Gasteiger partial charge in [-0.1, -0.05) is 74.4 Å². The van der Waals surface area contributed by atoms with Gasteiger partial charge < -0.3 is 14.8 Å². The minimum Gasteiger partial charge on any atom is -0.497 e. The van der Waals surface area contributed by atoms with Gasteiger partial charge in [0.1, 0.15) is 11.8 Å². The fourth-order valence-corrected chi connectivity index (χ4v) is 6.89. The normalized spacial score (nSPS) is 22.4. The number of esters is 1. The number of amides is 3. The fourth-order valence-electron chi connectivity index (χ4n) is 6.89. The molecular formula is C33H32N2O6. The largest absolute Gasteiger partial charge is 0.497 e. The number of likely N-dealkylation sites (tertiary alicyclic amines) is 1. The van der Waals surface area contributed by atoms with E-state index in [2.05, 4.69) is 5.32 Å². The number of carbonyl (C=O) groups excluding carboxylic acids is 4. The minimum atomic E-state index is -1.09. The number of methoxy groups -OCH3 is 1. The van der Waals surface area contributed by atoms with E-state index in [0.717, 1.165) is 33.6 Å². The number of rotatable bonds is 9. The van der Waals surface area contributed by atoms with Crippen LogP contribution in [-0.4, -0.2) is 48.3 Å². The highest BCUT2D eigenvalue weighted by atomic mass is 16.5.